The van der Waals surface area contributed by atoms with Gasteiger partial charge in [0.25, 0.3) is 5.56 Å². The van der Waals surface area contributed by atoms with Gasteiger partial charge in [-0.1, -0.05) is 67.0 Å². The van der Waals surface area contributed by atoms with Gasteiger partial charge in [-0.3, -0.25) is 4.79 Å². The molecule has 3 aromatic carbocycles. The summed E-state index contributed by atoms with van der Waals surface area (Å²) in [5.41, 5.74) is 4.93. The van der Waals surface area contributed by atoms with Gasteiger partial charge in [-0.25, -0.2) is 13.5 Å². The number of oxime groups is 1. The van der Waals surface area contributed by atoms with Crippen molar-refractivity contribution in [3.05, 3.63) is 112 Å². The van der Waals surface area contributed by atoms with Gasteiger partial charge < -0.3 is 20.0 Å². The van der Waals surface area contributed by atoms with E-state index < -0.39 is 12.2 Å². The number of benzene rings is 3. The lowest BCUT2D eigenvalue weighted by Crippen LogP contribution is -2.29. The number of halogens is 1. The molecule has 2 N–H and O–H groups in total. The van der Waals surface area contributed by atoms with Crippen LogP contribution in [-0.4, -0.2) is 43.6 Å². The molecule has 0 radical (unpaired) electrons. The highest BCUT2D eigenvalue weighted by Crippen LogP contribution is 2.27. The number of nitrogens with one attached hydrogen (secondary N) is 1. The van der Waals surface area contributed by atoms with Crippen LogP contribution in [0.25, 0.3) is 22.6 Å². The maximum Gasteiger partial charge on any atom is 0.304 e. The van der Waals surface area contributed by atoms with Gasteiger partial charge in [0.1, 0.15) is 6.33 Å². The highest BCUT2D eigenvalue weighted by atomic mass is 19.1. The first-order chi connectivity index (χ1) is 20.0. The predicted octanol–water partition coefficient (Wildman–Crippen LogP) is 3.80. The first-order valence-corrected chi connectivity index (χ1v) is 13.2. The summed E-state index contributed by atoms with van der Waals surface area (Å²) in [6.07, 6.45) is 1.98. The van der Waals surface area contributed by atoms with Crippen LogP contribution in [0.5, 0.6) is 5.75 Å². The maximum absolute atomic E-state index is 14.7. The Balaban J connectivity index is 1.41. The molecule has 11 heteroatoms. The molecule has 10 nitrogen and oxygen atoms in total. The summed E-state index contributed by atoms with van der Waals surface area (Å²) in [7, 11) is 1.39. The van der Waals surface area contributed by atoms with Crippen LogP contribution in [0.1, 0.15) is 35.7 Å². The smallest absolute Gasteiger partial charge is 0.304 e. The van der Waals surface area contributed by atoms with Crippen LogP contribution < -0.4 is 15.6 Å². The van der Waals surface area contributed by atoms with Crippen molar-refractivity contribution < 1.29 is 19.1 Å². The van der Waals surface area contributed by atoms with E-state index in [1.165, 1.54) is 30.1 Å². The Morgan fingerprint density at radius 3 is 2.56 bits per heavy atom. The zero-order valence-electron chi connectivity index (χ0n) is 22.4. The van der Waals surface area contributed by atoms with Crippen molar-refractivity contribution in [2.45, 2.75) is 32.6 Å². The largest absolute Gasteiger partial charge is 0.494 e. The third kappa shape index (κ3) is 4.80. The van der Waals surface area contributed by atoms with Crippen LogP contribution in [0.4, 0.5) is 4.39 Å². The fraction of sp³-hybridized carbons (Fsp3) is 0.200. The van der Waals surface area contributed by atoms with Crippen LogP contribution in [-0.2, 0) is 17.7 Å². The number of aliphatic hydroxyl groups is 1. The van der Waals surface area contributed by atoms with E-state index in [1.54, 1.807) is 10.6 Å². The molecule has 0 saturated carbocycles. The van der Waals surface area contributed by atoms with Gasteiger partial charge in [-0.15, -0.1) is 0 Å². The van der Waals surface area contributed by atoms with Gasteiger partial charge in [-0.2, -0.15) is 10.1 Å². The highest BCUT2D eigenvalue weighted by molar-refractivity contribution is 6.04. The number of hydrogen-bond acceptors (Lipinski definition) is 8. The molecule has 3 heterocycles. The molecule has 0 fully saturated rings. The zero-order valence-corrected chi connectivity index (χ0v) is 22.4. The third-order valence-corrected chi connectivity index (χ3v) is 7.01. The highest BCUT2D eigenvalue weighted by Gasteiger charge is 2.22. The van der Waals surface area contributed by atoms with Gasteiger partial charge in [0.05, 0.1) is 18.5 Å². The fourth-order valence-electron chi connectivity index (χ4n) is 5.10. The summed E-state index contributed by atoms with van der Waals surface area (Å²) in [6.45, 7) is 2.04. The van der Waals surface area contributed by atoms with E-state index in [1.807, 2.05) is 55.5 Å². The monoisotopic (exact) mass is 554 g/mol. The molecule has 41 heavy (non-hydrogen) atoms. The molecule has 208 valence electrons. The number of hydrogen-bond donors (Lipinski definition) is 2. The number of fused-ring (bicyclic) bond motifs is 1. The van der Waals surface area contributed by atoms with Gasteiger partial charge in [-0.05, 0) is 35.2 Å². The molecule has 0 spiro atoms. The topological polar surface area (TPSA) is 115 Å². The minimum absolute atomic E-state index is 0.0864. The Morgan fingerprint density at radius 1 is 1.10 bits per heavy atom. The van der Waals surface area contributed by atoms with E-state index in [9.17, 15) is 14.3 Å². The molecule has 1 aliphatic heterocycles. The minimum Gasteiger partial charge on any atom is -0.494 e. The van der Waals surface area contributed by atoms with E-state index in [-0.39, 0.29) is 11.3 Å². The van der Waals surface area contributed by atoms with Crippen LogP contribution in [0, 0.1) is 5.82 Å². The lowest BCUT2D eigenvalue weighted by Gasteiger charge is -2.16. The number of aryl methyl sites for hydroxylation is 1. The van der Waals surface area contributed by atoms with E-state index in [0.29, 0.717) is 35.7 Å². The number of methoxy groups -OCH3 is 1. The summed E-state index contributed by atoms with van der Waals surface area (Å²) in [5, 5.41) is 20.8. The zero-order chi connectivity index (χ0) is 28.5. The van der Waals surface area contributed by atoms with E-state index in [2.05, 4.69) is 20.6 Å². The quantitative estimate of drug-likeness (QED) is 0.300. The van der Waals surface area contributed by atoms with Gasteiger partial charge in [0, 0.05) is 23.6 Å². The predicted molar refractivity (Wildman–Crippen MR) is 151 cm³/mol. The number of aliphatic hydroxyl groups excluding tert-OH is 1. The summed E-state index contributed by atoms with van der Waals surface area (Å²) in [4.78, 5) is 23.2. The number of nitrogens with zero attached hydrogens (tertiary/aromatic N) is 5. The van der Waals surface area contributed by atoms with Crippen molar-refractivity contribution in [3.8, 4) is 22.6 Å². The van der Waals surface area contributed by atoms with Crippen LogP contribution in [0.15, 0.2) is 83.0 Å². The van der Waals surface area contributed by atoms with Crippen LogP contribution in [0.3, 0.4) is 0 Å². The van der Waals surface area contributed by atoms with Crippen molar-refractivity contribution in [3.63, 3.8) is 0 Å². The molecule has 0 saturated heterocycles. The molecule has 0 amide bonds. The van der Waals surface area contributed by atoms with E-state index in [4.69, 9.17) is 9.57 Å². The number of aromatic nitrogens is 4. The first kappa shape index (κ1) is 26.2. The van der Waals surface area contributed by atoms with Crippen molar-refractivity contribution >= 4 is 11.6 Å². The normalized spacial score (nSPS) is 14.5. The maximum atomic E-state index is 14.7. The molecule has 0 bridgehead atoms. The van der Waals surface area contributed by atoms with E-state index >= 15 is 0 Å². The van der Waals surface area contributed by atoms with Crippen molar-refractivity contribution in [1.82, 2.24) is 24.5 Å². The summed E-state index contributed by atoms with van der Waals surface area (Å²) < 4.78 is 22.8. The molecule has 1 unspecified atom stereocenters. The second-order valence-electron chi connectivity index (χ2n) is 9.57. The van der Waals surface area contributed by atoms with Gasteiger partial charge in [0.2, 0.25) is 5.78 Å². The number of rotatable bonds is 8. The van der Waals surface area contributed by atoms with Crippen molar-refractivity contribution in [2.24, 2.45) is 5.16 Å². The van der Waals surface area contributed by atoms with Gasteiger partial charge in [0.15, 0.2) is 17.4 Å². The SMILES string of the molecule is CCCc1c(Cc2ccc(-c3ccccc3C3=NOC(O)N3)cc2)c(=O)n(-c2ccc(OC)c(F)c2)c2ncnn12. The second-order valence-corrected chi connectivity index (χ2v) is 9.57. The molecular formula is C30H27FN6O4. The second kappa shape index (κ2) is 10.9. The molecule has 5 aromatic rings. The summed E-state index contributed by atoms with van der Waals surface area (Å²) in [6, 6.07) is 19.9. The molecule has 1 atom stereocenters. The molecule has 0 aliphatic carbocycles. The number of ether oxygens (including phenoxy) is 1. The first-order valence-electron chi connectivity index (χ1n) is 13.2. The molecule has 6 rings (SSSR count). The minimum atomic E-state index is -1.18. The summed E-state index contributed by atoms with van der Waals surface area (Å²) >= 11 is 0. The summed E-state index contributed by atoms with van der Waals surface area (Å²) in [5.74, 6) is 0.266. The van der Waals surface area contributed by atoms with Crippen molar-refractivity contribution in [2.75, 3.05) is 7.11 Å². The fourth-order valence-corrected chi connectivity index (χ4v) is 5.10. The lowest BCUT2D eigenvalue weighted by molar-refractivity contribution is -0.0896. The average molecular weight is 555 g/mol. The Hall–Kier alpha value is -5.03. The Kier molecular flexibility index (Phi) is 6.94. The Morgan fingerprint density at radius 2 is 1.88 bits per heavy atom. The molecular weight excluding hydrogens is 527 g/mol. The molecule has 1 aliphatic rings. The van der Waals surface area contributed by atoms with E-state index in [0.717, 1.165) is 34.4 Å². The third-order valence-electron chi connectivity index (χ3n) is 7.01. The average Bonchev–Trinajstić information content (AvgIpc) is 3.65. The standard InChI is InChI=1S/C30H27FN6O4/c1-3-6-25-23(28(38)36(29-32-17-33-37(25)29)20-13-14-26(40-2)24(31)16-20)15-18-9-11-19(12-10-18)21-7-4-5-8-22(21)27-34-30(39)41-35-27/h4-5,7-14,16-17,30,39H,3,6,15H2,1-2H3,(H,34,35). The Bertz CT molecular complexity index is 1830. The van der Waals surface area contributed by atoms with Crippen LogP contribution >= 0.6 is 0 Å². The molecule has 2 aromatic heterocycles. The lowest BCUT2D eigenvalue weighted by atomic mass is 9.96. The van der Waals surface area contributed by atoms with Gasteiger partial charge >= 0.3 is 6.41 Å². The van der Waals surface area contributed by atoms with Crippen LogP contribution in [0.2, 0.25) is 0 Å². The van der Waals surface area contributed by atoms with Crippen molar-refractivity contribution in [1.29, 1.82) is 0 Å². The Labute approximate surface area is 234 Å². The number of amidine groups is 1.